The van der Waals surface area contributed by atoms with Crippen LogP contribution in [0, 0.1) is 5.82 Å². The second-order valence-electron chi connectivity index (χ2n) is 6.83. The van der Waals surface area contributed by atoms with Gasteiger partial charge in [-0.15, -0.1) is 0 Å². The molecule has 0 saturated carbocycles. The molecule has 0 radical (unpaired) electrons. The fourth-order valence-corrected chi connectivity index (χ4v) is 3.17. The number of aldehydes is 1. The summed E-state index contributed by atoms with van der Waals surface area (Å²) < 4.78 is 59.3. The van der Waals surface area contributed by atoms with Gasteiger partial charge in [-0.3, -0.25) is 14.4 Å². The number of benzene rings is 2. The number of amides is 1. The molecular weight excluding hydrogens is 434 g/mol. The summed E-state index contributed by atoms with van der Waals surface area (Å²) in [5.74, 6) is -2.78. The van der Waals surface area contributed by atoms with Gasteiger partial charge >= 0.3 is 12.1 Å². The summed E-state index contributed by atoms with van der Waals surface area (Å²) in [4.78, 5) is 39.8. The first-order valence-electron chi connectivity index (χ1n) is 9.25. The lowest BCUT2D eigenvalue weighted by Crippen LogP contribution is -2.18. The smallest absolute Gasteiger partial charge is 0.419 e. The highest BCUT2D eigenvalue weighted by atomic mass is 19.4. The Morgan fingerprint density at radius 1 is 1.25 bits per heavy atom. The zero-order valence-corrected chi connectivity index (χ0v) is 16.9. The maximum atomic E-state index is 14.3. The third kappa shape index (κ3) is 4.46. The Morgan fingerprint density at radius 2 is 1.97 bits per heavy atom. The molecule has 168 valence electrons. The number of alkyl halides is 3. The van der Waals surface area contributed by atoms with Crippen LogP contribution in [0.3, 0.4) is 0 Å². The zero-order chi connectivity index (χ0) is 23.6. The molecule has 1 heterocycles. The highest BCUT2D eigenvalue weighted by molar-refractivity contribution is 6.08. The summed E-state index contributed by atoms with van der Waals surface area (Å²) in [6, 6.07) is 5.13. The molecule has 0 spiro atoms. The molecule has 32 heavy (non-hydrogen) atoms. The van der Waals surface area contributed by atoms with E-state index in [0.717, 1.165) is 12.1 Å². The van der Waals surface area contributed by atoms with E-state index in [1.54, 1.807) is 11.6 Å². The molecule has 7 nitrogen and oxygen atoms in total. The number of imidazole rings is 1. The molecule has 3 aromatic rings. The number of esters is 1. The van der Waals surface area contributed by atoms with Gasteiger partial charge in [-0.2, -0.15) is 13.2 Å². The Hall–Kier alpha value is -3.76. The number of aromatic nitrogens is 2. The van der Waals surface area contributed by atoms with E-state index in [2.05, 4.69) is 15.0 Å². The van der Waals surface area contributed by atoms with E-state index in [1.807, 2.05) is 0 Å². The molecule has 1 amide bonds. The normalized spacial score (nSPS) is 11.4. The number of hydrogen-bond acceptors (Lipinski definition) is 5. The number of nitrogens with one attached hydrogen (secondary N) is 1. The topological polar surface area (TPSA) is 90.3 Å². The predicted octanol–water partition coefficient (Wildman–Crippen LogP) is 3.90. The summed E-state index contributed by atoms with van der Waals surface area (Å²) >= 11 is 0. The lowest BCUT2D eigenvalue weighted by atomic mass is 10.1. The van der Waals surface area contributed by atoms with E-state index in [9.17, 15) is 31.9 Å². The van der Waals surface area contributed by atoms with Gasteiger partial charge in [0.2, 0.25) is 0 Å². The Morgan fingerprint density at radius 3 is 2.59 bits per heavy atom. The average Bonchev–Trinajstić information content (AvgIpc) is 3.05. The molecule has 0 atom stereocenters. The summed E-state index contributed by atoms with van der Waals surface area (Å²) in [6.07, 6.45) is -4.21. The quantitative estimate of drug-likeness (QED) is 0.349. The minimum absolute atomic E-state index is 0.00384. The fourth-order valence-electron chi connectivity index (χ4n) is 3.17. The third-order valence-corrected chi connectivity index (χ3v) is 4.85. The van der Waals surface area contributed by atoms with Crippen LogP contribution in [-0.4, -0.2) is 34.8 Å². The van der Waals surface area contributed by atoms with Crippen molar-refractivity contribution in [3.05, 3.63) is 58.7 Å². The Labute approximate surface area is 179 Å². The van der Waals surface area contributed by atoms with Crippen LogP contribution in [0.15, 0.2) is 30.3 Å². The predicted molar refractivity (Wildman–Crippen MR) is 106 cm³/mol. The van der Waals surface area contributed by atoms with E-state index in [0.29, 0.717) is 29.2 Å². The van der Waals surface area contributed by atoms with Crippen LogP contribution in [0.2, 0.25) is 0 Å². The van der Waals surface area contributed by atoms with Crippen molar-refractivity contribution in [2.24, 2.45) is 7.05 Å². The number of nitrogens with zero attached hydrogens (tertiary/aromatic N) is 2. The summed E-state index contributed by atoms with van der Waals surface area (Å²) in [5.41, 5.74) is -1.54. The molecule has 0 aliphatic rings. The lowest BCUT2D eigenvalue weighted by Gasteiger charge is -2.12. The van der Waals surface area contributed by atoms with E-state index in [-0.39, 0.29) is 24.1 Å². The zero-order valence-electron chi connectivity index (χ0n) is 16.9. The number of carbonyl (C=O) groups is 3. The first-order valence-corrected chi connectivity index (χ1v) is 9.25. The van der Waals surface area contributed by atoms with Crippen molar-refractivity contribution in [2.45, 2.75) is 19.0 Å². The number of carbonyl (C=O) groups excluding carboxylic acids is 3. The second kappa shape index (κ2) is 8.77. The van der Waals surface area contributed by atoms with Crippen molar-refractivity contribution >= 4 is 34.9 Å². The fraction of sp³-hybridized carbons (Fsp3) is 0.238. The molecule has 0 fully saturated rings. The van der Waals surface area contributed by atoms with Gasteiger partial charge in [-0.25, -0.2) is 9.37 Å². The van der Waals surface area contributed by atoms with Gasteiger partial charge in [0.05, 0.1) is 41.4 Å². The van der Waals surface area contributed by atoms with Gasteiger partial charge in [-0.1, -0.05) is 6.07 Å². The molecule has 0 aliphatic heterocycles. The Balaban J connectivity index is 1.97. The van der Waals surface area contributed by atoms with Crippen LogP contribution in [0.5, 0.6) is 0 Å². The number of rotatable bonds is 6. The number of aryl methyl sites for hydroxylation is 2. The highest BCUT2D eigenvalue weighted by Gasteiger charge is 2.35. The van der Waals surface area contributed by atoms with Crippen LogP contribution in [0.1, 0.15) is 38.5 Å². The minimum Gasteiger partial charge on any atom is -0.469 e. The SMILES string of the molecule is COC(=O)CCc1nc2cc(C=O)c(NC(=O)c3cccc(C(F)(F)F)c3F)cc2n1C. The maximum Gasteiger partial charge on any atom is 0.419 e. The number of hydrogen-bond donors (Lipinski definition) is 1. The number of anilines is 1. The van der Waals surface area contributed by atoms with Crippen molar-refractivity contribution in [1.29, 1.82) is 0 Å². The average molecular weight is 451 g/mol. The van der Waals surface area contributed by atoms with E-state index in [1.165, 1.54) is 19.2 Å². The molecule has 0 bridgehead atoms. The van der Waals surface area contributed by atoms with Crippen LogP contribution in [0.25, 0.3) is 11.0 Å². The van der Waals surface area contributed by atoms with Gasteiger partial charge in [0.25, 0.3) is 5.91 Å². The Bertz CT molecular complexity index is 1220. The van der Waals surface area contributed by atoms with Crippen molar-refractivity contribution < 1.29 is 36.7 Å². The van der Waals surface area contributed by atoms with Gasteiger partial charge in [0, 0.05) is 19.0 Å². The molecule has 3 rings (SSSR count). The first-order chi connectivity index (χ1) is 15.1. The van der Waals surface area contributed by atoms with Crippen molar-refractivity contribution in [3.63, 3.8) is 0 Å². The molecule has 2 aromatic carbocycles. The van der Waals surface area contributed by atoms with Crippen molar-refractivity contribution in [2.75, 3.05) is 12.4 Å². The number of halogens is 4. The van der Waals surface area contributed by atoms with E-state index in [4.69, 9.17) is 0 Å². The largest absolute Gasteiger partial charge is 0.469 e. The third-order valence-electron chi connectivity index (χ3n) is 4.85. The summed E-state index contributed by atoms with van der Waals surface area (Å²) in [6.45, 7) is 0. The molecule has 1 N–H and O–H groups in total. The first kappa shape index (κ1) is 22.9. The molecule has 1 aromatic heterocycles. The highest BCUT2D eigenvalue weighted by Crippen LogP contribution is 2.33. The monoisotopic (exact) mass is 451 g/mol. The molecule has 0 aliphatic carbocycles. The summed E-state index contributed by atoms with van der Waals surface area (Å²) in [5, 5.41) is 2.29. The molecular formula is C21H17F4N3O4. The number of methoxy groups -OCH3 is 1. The molecule has 0 saturated heterocycles. The Kier molecular flexibility index (Phi) is 6.28. The van der Waals surface area contributed by atoms with Crippen LogP contribution < -0.4 is 5.32 Å². The van der Waals surface area contributed by atoms with Gasteiger partial charge in [-0.05, 0) is 24.3 Å². The van der Waals surface area contributed by atoms with Crippen LogP contribution in [0.4, 0.5) is 23.2 Å². The van der Waals surface area contributed by atoms with Crippen molar-refractivity contribution in [3.8, 4) is 0 Å². The lowest BCUT2D eigenvalue weighted by molar-refractivity contribution is -0.141. The standard InChI is InChI=1S/C21H17F4N3O4/c1-28-16-9-14(11(10-29)8-15(16)26-17(28)6-7-18(30)32-2)27-20(31)12-4-3-5-13(19(12)22)21(23,24)25/h3-5,8-10H,6-7H2,1-2H3,(H,27,31). The maximum absolute atomic E-state index is 14.3. The summed E-state index contributed by atoms with van der Waals surface area (Å²) in [7, 11) is 2.91. The minimum atomic E-state index is -4.97. The van der Waals surface area contributed by atoms with Gasteiger partial charge < -0.3 is 14.6 Å². The number of ether oxygens (including phenoxy) is 1. The van der Waals surface area contributed by atoms with Gasteiger partial charge in [0.15, 0.2) is 6.29 Å². The van der Waals surface area contributed by atoms with E-state index < -0.39 is 35.0 Å². The second-order valence-corrected chi connectivity index (χ2v) is 6.83. The van der Waals surface area contributed by atoms with Crippen LogP contribution in [-0.2, 0) is 29.2 Å². The molecule has 0 unspecified atom stereocenters. The van der Waals surface area contributed by atoms with Gasteiger partial charge in [0.1, 0.15) is 11.6 Å². The van der Waals surface area contributed by atoms with Crippen LogP contribution >= 0.6 is 0 Å². The number of fused-ring (bicyclic) bond motifs is 1. The molecule has 11 heteroatoms. The van der Waals surface area contributed by atoms with E-state index >= 15 is 0 Å². The van der Waals surface area contributed by atoms with Crippen molar-refractivity contribution in [1.82, 2.24) is 9.55 Å².